The summed E-state index contributed by atoms with van der Waals surface area (Å²) in [6.07, 6.45) is 0.697. The smallest absolute Gasteiger partial charge is 0.320 e. The fourth-order valence-electron chi connectivity index (χ4n) is 2.47. The molecule has 0 unspecified atom stereocenters. The minimum atomic E-state index is -0.282. The quantitative estimate of drug-likeness (QED) is 0.552. The van der Waals surface area contributed by atoms with Crippen molar-refractivity contribution >= 4 is 34.7 Å². The Hall–Kier alpha value is -2.93. The van der Waals surface area contributed by atoms with Crippen LogP contribution in [-0.2, 0) is 11.8 Å². The lowest BCUT2D eigenvalue weighted by Crippen LogP contribution is -2.30. The average molecular weight is 396 g/mol. The van der Waals surface area contributed by atoms with Crippen LogP contribution in [0.2, 0.25) is 0 Å². The van der Waals surface area contributed by atoms with E-state index in [1.165, 1.54) is 0 Å². The topological polar surface area (TPSA) is 78.9 Å². The number of nitrogens with zero attached hydrogens (tertiary/aromatic N) is 2. The van der Waals surface area contributed by atoms with Crippen molar-refractivity contribution in [3.05, 3.63) is 64.6 Å². The molecule has 0 fully saturated rings. The minimum Gasteiger partial charge on any atom is -0.340 e. The second-order valence-corrected chi connectivity index (χ2v) is 8.28. The molecule has 0 saturated heterocycles. The SMILES string of the molecule is CC(C)(C)c1nc(CCNC(=O)Nc2cccc(Nc3ccccc3)n2)cs1. The van der Waals surface area contributed by atoms with Gasteiger partial charge in [-0.05, 0) is 24.3 Å². The largest absolute Gasteiger partial charge is 0.340 e. The Kier molecular flexibility index (Phi) is 6.26. The van der Waals surface area contributed by atoms with Crippen molar-refractivity contribution in [1.29, 1.82) is 0 Å². The van der Waals surface area contributed by atoms with E-state index < -0.39 is 0 Å². The summed E-state index contributed by atoms with van der Waals surface area (Å²) in [6, 6.07) is 14.9. The van der Waals surface area contributed by atoms with Gasteiger partial charge in [-0.15, -0.1) is 11.3 Å². The third-order valence-corrected chi connectivity index (χ3v) is 5.21. The number of carbonyl (C=O) groups is 1. The lowest BCUT2D eigenvalue weighted by atomic mass is 9.98. The second kappa shape index (κ2) is 8.84. The molecule has 0 aliphatic rings. The monoisotopic (exact) mass is 395 g/mol. The zero-order valence-corrected chi connectivity index (χ0v) is 17.1. The standard InChI is InChI=1S/C21H25N5OS/c1-21(2,3)19-24-16(14-28-19)12-13-22-20(27)26-18-11-7-10-17(25-18)23-15-8-5-4-6-9-15/h4-11,14H,12-13H2,1-3H3,(H3,22,23,25,26,27). The normalized spacial score (nSPS) is 11.1. The Morgan fingerprint density at radius 2 is 1.75 bits per heavy atom. The van der Waals surface area contributed by atoms with E-state index in [2.05, 4.69) is 52.1 Å². The van der Waals surface area contributed by atoms with E-state index in [4.69, 9.17) is 0 Å². The summed E-state index contributed by atoms with van der Waals surface area (Å²) in [5.41, 5.74) is 2.00. The summed E-state index contributed by atoms with van der Waals surface area (Å²) in [6.45, 7) is 6.96. The van der Waals surface area contributed by atoms with Gasteiger partial charge < -0.3 is 10.6 Å². The molecule has 0 radical (unpaired) electrons. The molecule has 146 valence electrons. The third kappa shape index (κ3) is 5.79. The highest BCUT2D eigenvalue weighted by Crippen LogP contribution is 2.25. The molecule has 3 N–H and O–H groups in total. The number of carbonyl (C=O) groups excluding carboxylic acids is 1. The van der Waals surface area contributed by atoms with Gasteiger partial charge in [-0.1, -0.05) is 45.0 Å². The van der Waals surface area contributed by atoms with Gasteiger partial charge in [0, 0.05) is 29.4 Å². The zero-order chi connectivity index (χ0) is 20.0. The lowest BCUT2D eigenvalue weighted by Gasteiger charge is -2.13. The van der Waals surface area contributed by atoms with E-state index in [9.17, 15) is 4.79 Å². The van der Waals surface area contributed by atoms with Gasteiger partial charge in [0.2, 0.25) is 0 Å². The number of pyridine rings is 1. The van der Waals surface area contributed by atoms with Crippen molar-refractivity contribution in [2.45, 2.75) is 32.6 Å². The Morgan fingerprint density at radius 1 is 1.00 bits per heavy atom. The number of aromatic nitrogens is 2. The minimum absolute atomic E-state index is 0.0538. The van der Waals surface area contributed by atoms with Gasteiger partial charge >= 0.3 is 6.03 Å². The van der Waals surface area contributed by atoms with Crippen molar-refractivity contribution in [2.75, 3.05) is 17.2 Å². The molecular weight excluding hydrogens is 370 g/mol. The summed E-state index contributed by atoms with van der Waals surface area (Å²) in [4.78, 5) is 21.2. The molecule has 0 aliphatic carbocycles. The lowest BCUT2D eigenvalue weighted by molar-refractivity contribution is 0.252. The molecule has 2 heterocycles. The Bertz CT molecular complexity index is 918. The average Bonchev–Trinajstić information content (AvgIpc) is 3.12. The highest BCUT2D eigenvalue weighted by molar-refractivity contribution is 7.09. The fraction of sp³-hybridized carbons (Fsp3) is 0.286. The van der Waals surface area contributed by atoms with Gasteiger partial charge in [0.05, 0.1) is 10.7 Å². The van der Waals surface area contributed by atoms with Gasteiger partial charge in [0.1, 0.15) is 11.6 Å². The van der Waals surface area contributed by atoms with Crippen molar-refractivity contribution in [2.24, 2.45) is 0 Å². The molecule has 2 aromatic heterocycles. The highest BCUT2D eigenvalue weighted by atomic mass is 32.1. The molecule has 1 aromatic carbocycles. The van der Waals surface area contributed by atoms with Crippen molar-refractivity contribution in [1.82, 2.24) is 15.3 Å². The first kappa shape index (κ1) is 19.8. The van der Waals surface area contributed by atoms with Crippen molar-refractivity contribution in [3.8, 4) is 0 Å². The molecule has 0 bridgehead atoms. The van der Waals surface area contributed by atoms with Gasteiger partial charge in [0.15, 0.2) is 0 Å². The van der Waals surface area contributed by atoms with Crippen molar-refractivity contribution in [3.63, 3.8) is 0 Å². The number of anilines is 3. The first-order valence-electron chi connectivity index (χ1n) is 9.19. The Labute approximate surface area is 169 Å². The Morgan fingerprint density at radius 3 is 2.46 bits per heavy atom. The molecular formula is C21H25N5OS. The van der Waals surface area contributed by atoms with E-state index in [1.54, 1.807) is 17.4 Å². The summed E-state index contributed by atoms with van der Waals surface area (Å²) in [5.74, 6) is 1.16. The van der Waals surface area contributed by atoms with E-state index >= 15 is 0 Å². The summed E-state index contributed by atoms with van der Waals surface area (Å²) < 4.78 is 0. The number of urea groups is 1. The number of para-hydroxylation sites is 1. The Balaban J connectivity index is 1.48. The highest BCUT2D eigenvalue weighted by Gasteiger charge is 2.17. The van der Waals surface area contributed by atoms with Crippen LogP contribution >= 0.6 is 11.3 Å². The second-order valence-electron chi connectivity index (χ2n) is 7.42. The molecule has 0 saturated carbocycles. The number of benzene rings is 1. The predicted molar refractivity (Wildman–Crippen MR) is 116 cm³/mol. The molecule has 0 atom stereocenters. The van der Waals surface area contributed by atoms with Crippen LogP contribution in [0.1, 0.15) is 31.5 Å². The predicted octanol–water partition coefficient (Wildman–Crippen LogP) is 4.94. The first-order chi connectivity index (χ1) is 13.4. The number of rotatable bonds is 6. The van der Waals surface area contributed by atoms with Crippen LogP contribution in [0.5, 0.6) is 0 Å². The number of thiazole rings is 1. The molecule has 3 aromatic rings. The number of hydrogen-bond donors (Lipinski definition) is 3. The van der Waals surface area contributed by atoms with E-state index in [1.807, 2.05) is 42.5 Å². The molecule has 0 aliphatic heterocycles. The maximum absolute atomic E-state index is 12.1. The maximum Gasteiger partial charge on any atom is 0.320 e. The number of nitrogens with one attached hydrogen (secondary N) is 3. The third-order valence-electron chi connectivity index (χ3n) is 3.90. The van der Waals surface area contributed by atoms with Crippen LogP contribution in [0, 0.1) is 0 Å². The fourth-order valence-corrected chi connectivity index (χ4v) is 3.42. The number of amides is 2. The molecule has 0 spiro atoms. The van der Waals surface area contributed by atoms with E-state index in [0.29, 0.717) is 24.6 Å². The molecule has 2 amide bonds. The van der Waals surface area contributed by atoms with Crippen LogP contribution in [0.25, 0.3) is 0 Å². The van der Waals surface area contributed by atoms with Crippen LogP contribution in [0.4, 0.5) is 22.1 Å². The van der Waals surface area contributed by atoms with Gasteiger partial charge in [-0.2, -0.15) is 0 Å². The van der Waals surface area contributed by atoms with E-state index in [0.717, 1.165) is 16.4 Å². The van der Waals surface area contributed by atoms with Crippen LogP contribution in [0.15, 0.2) is 53.9 Å². The molecule has 28 heavy (non-hydrogen) atoms. The maximum atomic E-state index is 12.1. The van der Waals surface area contributed by atoms with Crippen molar-refractivity contribution < 1.29 is 4.79 Å². The van der Waals surface area contributed by atoms with Gasteiger partial charge in [0.25, 0.3) is 0 Å². The van der Waals surface area contributed by atoms with Crippen LogP contribution in [0.3, 0.4) is 0 Å². The first-order valence-corrected chi connectivity index (χ1v) is 10.1. The number of hydrogen-bond acceptors (Lipinski definition) is 5. The van der Waals surface area contributed by atoms with Crippen LogP contribution in [-0.4, -0.2) is 22.5 Å². The molecule has 7 heteroatoms. The van der Waals surface area contributed by atoms with E-state index in [-0.39, 0.29) is 11.4 Å². The van der Waals surface area contributed by atoms with Crippen LogP contribution < -0.4 is 16.0 Å². The molecule has 6 nitrogen and oxygen atoms in total. The summed E-state index contributed by atoms with van der Waals surface area (Å²) in [5, 5.41) is 12.0. The summed E-state index contributed by atoms with van der Waals surface area (Å²) in [7, 11) is 0. The zero-order valence-electron chi connectivity index (χ0n) is 16.3. The van der Waals surface area contributed by atoms with Gasteiger partial charge in [-0.25, -0.2) is 14.8 Å². The van der Waals surface area contributed by atoms with Gasteiger partial charge in [-0.3, -0.25) is 5.32 Å². The summed E-state index contributed by atoms with van der Waals surface area (Å²) >= 11 is 1.66. The molecule has 3 rings (SSSR count).